The maximum atomic E-state index is 12.0. The Morgan fingerprint density at radius 2 is 1.20 bits per heavy atom. The van der Waals surface area contributed by atoms with Crippen LogP contribution in [0.5, 0.6) is 0 Å². The molecule has 4 rings (SSSR count). The largest absolute Gasteiger partial charge is 0.461 e. The van der Waals surface area contributed by atoms with Crippen molar-refractivity contribution in [2.45, 2.75) is 20.8 Å². The van der Waals surface area contributed by atoms with Gasteiger partial charge in [0.15, 0.2) is 21.7 Å². The number of nitrogens with zero attached hydrogens (tertiary/aromatic N) is 8. The van der Waals surface area contributed by atoms with Crippen LogP contribution in [0.2, 0.25) is 10.3 Å². The topological polar surface area (TPSA) is 177 Å². The van der Waals surface area contributed by atoms with Gasteiger partial charge in [0.2, 0.25) is 0 Å². The van der Waals surface area contributed by atoms with Gasteiger partial charge in [-0.2, -0.15) is 0 Å². The normalized spacial score (nSPS) is 10.3. The van der Waals surface area contributed by atoms with Gasteiger partial charge in [-0.1, -0.05) is 35.3 Å². The van der Waals surface area contributed by atoms with Gasteiger partial charge in [0.05, 0.1) is 18.0 Å². The molecule has 0 aliphatic carbocycles. The van der Waals surface area contributed by atoms with Crippen LogP contribution in [-0.4, -0.2) is 77.0 Å². The number of carbonyl (C=O) groups excluding carboxylic acids is 2. The Bertz CT molecular complexity index is 1650. The molecule has 0 aliphatic heterocycles. The highest BCUT2D eigenvalue weighted by Crippen LogP contribution is 2.25. The zero-order valence-corrected chi connectivity index (χ0v) is 26.8. The highest BCUT2D eigenvalue weighted by atomic mass is 35.5. The van der Waals surface area contributed by atoms with E-state index in [1.807, 2.05) is 70.0 Å². The number of anilines is 6. The molecule has 0 saturated heterocycles. The number of aromatic nitrogens is 6. The number of primary amides is 1. The molecule has 0 aromatic carbocycles. The Labute approximate surface area is 265 Å². The van der Waals surface area contributed by atoms with Crippen molar-refractivity contribution in [3.8, 4) is 0 Å². The highest BCUT2D eigenvalue weighted by Gasteiger charge is 2.18. The van der Waals surface area contributed by atoms with E-state index in [0.29, 0.717) is 23.0 Å². The fourth-order valence-electron chi connectivity index (χ4n) is 3.82. The van der Waals surface area contributed by atoms with Crippen LogP contribution in [0.25, 0.3) is 0 Å². The number of nitrogens with one attached hydrogen (secondary N) is 2. The molecule has 4 aromatic heterocycles. The molecule has 0 radical (unpaired) electrons. The number of aryl methyl sites for hydroxylation is 2. The molecule has 44 heavy (non-hydrogen) atoms. The van der Waals surface area contributed by atoms with Gasteiger partial charge in [-0.3, -0.25) is 4.79 Å². The molecular weight excluding hydrogens is 609 g/mol. The molecule has 14 nitrogen and oxygen atoms in total. The quantitative estimate of drug-likeness (QED) is 0.217. The van der Waals surface area contributed by atoms with E-state index in [4.69, 9.17) is 33.7 Å². The van der Waals surface area contributed by atoms with Gasteiger partial charge in [-0.15, -0.1) is 20.4 Å². The minimum absolute atomic E-state index is 0.00757. The van der Waals surface area contributed by atoms with E-state index < -0.39 is 11.9 Å². The summed E-state index contributed by atoms with van der Waals surface area (Å²) in [5, 5.41) is 21.2. The molecule has 0 bridgehead atoms. The van der Waals surface area contributed by atoms with E-state index in [9.17, 15) is 9.59 Å². The zero-order valence-electron chi connectivity index (χ0n) is 25.3. The van der Waals surface area contributed by atoms with Crippen molar-refractivity contribution < 1.29 is 14.3 Å². The monoisotopic (exact) mass is 641 g/mol. The molecule has 1 amide bonds. The predicted octanol–water partition coefficient (Wildman–Crippen LogP) is 4.56. The first kappa shape index (κ1) is 33.7. The number of rotatable bonds is 9. The number of nitrogens with two attached hydrogens (primary N) is 1. The van der Waals surface area contributed by atoms with Crippen LogP contribution in [0.1, 0.15) is 39.0 Å². The molecule has 0 aliphatic rings. The van der Waals surface area contributed by atoms with Crippen LogP contribution in [0.15, 0.2) is 36.4 Å². The second kappa shape index (κ2) is 15.1. The zero-order chi connectivity index (χ0) is 32.6. The van der Waals surface area contributed by atoms with Crippen molar-refractivity contribution in [2.24, 2.45) is 5.73 Å². The van der Waals surface area contributed by atoms with Crippen molar-refractivity contribution >= 4 is 69.7 Å². The smallest absolute Gasteiger partial charge is 0.361 e. The van der Waals surface area contributed by atoms with E-state index in [-0.39, 0.29) is 28.3 Å². The van der Waals surface area contributed by atoms with E-state index in [2.05, 4.69) is 41.0 Å². The summed E-state index contributed by atoms with van der Waals surface area (Å²) in [6.07, 6.45) is 0. The Morgan fingerprint density at radius 1 is 0.773 bits per heavy atom. The summed E-state index contributed by atoms with van der Waals surface area (Å²) >= 11 is 11.7. The van der Waals surface area contributed by atoms with Gasteiger partial charge < -0.3 is 30.9 Å². The average molecular weight is 643 g/mol. The van der Waals surface area contributed by atoms with Gasteiger partial charge >= 0.3 is 5.97 Å². The summed E-state index contributed by atoms with van der Waals surface area (Å²) in [6.45, 7) is 5.90. The minimum Gasteiger partial charge on any atom is -0.461 e. The minimum atomic E-state index is -0.693. The molecule has 0 spiro atoms. The number of halogens is 2. The van der Waals surface area contributed by atoms with Crippen LogP contribution < -0.4 is 26.2 Å². The number of ether oxygens (including phenoxy) is 1. The van der Waals surface area contributed by atoms with Gasteiger partial charge in [0, 0.05) is 40.3 Å². The highest BCUT2D eigenvalue weighted by molar-refractivity contribution is 6.30. The van der Waals surface area contributed by atoms with Crippen LogP contribution in [0.3, 0.4) is 0 Å². The number of carbonyl (C=O) groups is 2. The molecule has 4 heterocycles. The fourth-order valence-corrected chi connectivity index (χ4v) is 4.11. The Balaban J connectivity index is 0.000000241. The van der Waals surface area contributed by atoms with E-state index in [1.165, 1.54) is 12.1 Å². The molecular formula is C28H33Cl2N11O3. The SMILES string of the molecule is CCOC(=O)c1nnc(Cl)cc1Nc1ccc(C)c(N(C)C)n1.Cc1ccc(Nc2cc(Cl)nnc2C(N)=O)nc1N(C)C. The summed E-state index contributed by atoms with van der Waals surface area (Å²) in [4.78, 5) is 36.1. The van der Waals surface area contributed by atoms with E-state index >= 15 is 0 Å². The number of hydrogen-bond donors (Lipinski definition) is 3. The first-order valence-electron chi connectivity index (χ1n) is 13.2. The Kier molecular flexibility index (Phi) is 11.5. The third-order valence-corrected chi connectivity index (χ3v) is 6.11. The third kappa shape index (κ3) is 8.84. The third-order valence-electron chi connectivity index (χ3n) is 5.74. The average Bonchev–Trinajstić information content (AvgIpc) is 2.95. The van der Waals surface area contributed by atoms with E-state index in [0.717, 1.165) is 22.8 Å². The second-order valence-electron chi connectivity index (χ2n) is 9.66. The standard InChI is InChI=1S/C15H18ClN5O2.C13H15ClN6O/c1-5-23-15(22)13-10(8-11(16)19-20-13)17-12-7-6-9(2)14(18-12)21(3)4;1-7-4-5-10(17-13(7)20(2)3)16-8-6-9(14)18-19-11(8)12(15)21/h6-8H,5H2,1-4H3,(H,17,18,19);4-6H,1-3H3,(H2,15,21)(H,16,17,18). The van der Waals surface area contributed by atoms with Crippen molar-refractivity contribution in [2.75, 3.05) is 55.2 Å². The molecule has 4 aromatic rings. The number of hydrogen-bond acceptors (Lipinski definition) is 13. The maximum absolute atomic E-state index is 12.0. The number of amides is 1. The lowest BCUT2D eigenvalue weighted by atomic mass is 10.2. The first-order chi connectivity index (χ1) is 20.8. The molecule has 0 saturated carbocycles. The lowest BCUT2D eigenvalue weighted by molar-refractivity contribution is 0.0519. The van der Waals surface area contributed by atoms with Crippen LogP contribution in [0, 0.1) is 13.8 Å². The molecule has 232 valence electrons. The summed E-state index contributed by atoms with van der Waals surface area (Å²) in [5.41, 5.74) is 8.17. The van der Waals surface area contributed by atoms with Crippen molar-refractivity contribution in [3.63, 3.8) is 0 Å². The fraction of sp³-hybridized carbons (Fsp3) is 0.286. The van der Waals surface area contributed by atoms with Crippen LogP contribution >= 0.6 is 23.2 Å². The Hall–Kier alpha value is -4.82. The van der Waals surface area contributed by atoms with Gasteiger partial charge in [-0.05, 0) is 44.0 Å². The first-order valence-corrected chi connectivity index (χ1v) is 13.9. The van der Waals surface area contributed by atoms with E-state index in [1.54, 1.807) is 13.0 Å². The maximum Gasteiger partial charge on any atom is 0.361 e. The van der Waals surface area contributed by atoms with Crippen molar-refractivity contribution in [1.29, 1.82) is 0 Å². The number of pyridine rings is 2. The van der Waals surface area contributed by atoms with Crippen molar-refractivity contribution in [1.82, 2.24) is 30.4 Å². The summed E-state index contributed by atoms with van der Waals surface area (Å²) < 4.78 is 4.97. The molecule has 4 N–H and O–H groups in total. The Morgan fingerprint density at radius 3 is 1.61 bits per heavy atom. The summed E-state index contributed by atoms with van der Waals surface area (Å²) in [7, 11) is 7.62. The van der Waals surface area contributed by atoms with Gasteiger partial charge in [0.1, 0.15) is 23.3 Å². The van der Waals surface area contributed by atoms with Crippen LogP contribution in [-0.2, 0) is 4.74 Å². The molecule has 0 atom stereocenters. The summed E-state index contributed by atoms with van der Waals surface area (Å²) in [6, 6.07) is 10.5. The predicted molar refractivity (Wildman–Crippen MR) is 172 cm³/mol. The second-order valence-corrected chi connectivity index (χ2v) is 10.4. The van der Waals surface area contributed by atoms with Gasteiger partial charge in [-0.25, -0.2) is 14.8 Å². The summed E-state index contributed by atoms with van der Waals surface area (Å²) in [5.74, 6) is 1.49. The lowest BCUT2D eigenvalue weighted by Crippen LogP contribution is -2.17. The molecule has 0 unspecified atom stereocenters. The lowest BCUT2D eigenvalue weighted by Gasteiger charge is -2.16. The number of esters is 1. The van der Waals surface area contributed by atoms with Crippen LogP contribution in [0.4, 0.5) is 34.6 Å². The molecule has 0 fully saturated rings. The van der Waals surface area contributed by atoms with Gasteiger partial charge in [0.25, 0.3) is 5.91 Å². The molecule has 16 heteroatoms. The van der Waals surface area contributed by atoms with Crippen molar-refractivity contribution in [3.05, 3.63) is 69.2 Å².